The highest BCUT2D eigenvalue weighted by Gasteiger charge is 2.30. The second-order valence-electron chi connectivity index (χ2n) is 8.56. The van der Waals surface area contributed by atoms with Crippen molar-refractivity contribution in [1.29, 1.82) is 0 Å². The molecule has 0 unspecified atom stereocenters. The maximum Gasteiger partial charge on any atom is 0.181 e. The minimum atomic E-state index is 0.435. The van der Waals surface area contributed by atoms with Crippen molar-refractivity contribution in [1.82, 2.24) is 9.88 Å². The van der Waals surface area contributed by atoms with Gasteiger partial charge in [-0.05, 0) is 62.8 Å². The van der Waals surface area contributed by atoms with E-state index in [0.717, 1.165) is 43.3 Å². The monoisotopic (exact) mass is 381 g/mol. The van der Waals surface area contributed by atoms with E-state index in [1.165, 1.54) is 57.3 Å². The Kier molecular flexibility index (Phi) is 5.37. The maximum absolute atomic E-state index is 6.49. The zero-order valence-corrected chi connectivity index (χ0v) is 16.6. The normalized spacial score (nSPS) is 23.1. The van der Waals surface area contributed by atoms with Gasteiger partial charge in [0.25, 0.3) is 0 Å². The number of benzene rings is 1. The standard InChI is InChI=1S/C23H31N3O2/c1-2-19(3-1)25-12-8-21(9-13-25)28-22-10-14-26(15-11-22)20-6-4-18(5-7-20)23-16-24-17-27-23/h4-7,16-17,19,21-22H,1-3,8-15H2. The molecule has 3 fully saturated rings. The van der Waals surface area contributed by atoms with Crippen LogP contribution in [0.4, 0.5) is 5.69 Å². The van der Waals surface area contributed by atoms with Crippen LogP contribution in [0.3, 0.4) is 0 Å². The highest BCUT2D eigenvalue weighted by atomic mass is 16.5. The van der Waals surface area contributed by atoms with Gasteiger partial charge in [-0.15, -0.1) is 0 Å². The fraction of sp³-hybridized carbons (Fsp3) is 0.609. The van der Waals surface area contributed by atoms with Gasteiger partial charge in [-0.3, -0.25) is 0 Å². The molecule has 2 aromatic rings. The molecular formula is C23H31N3O2. The van der Waals surface area contributed by atoms with Crippen molar-refractivity contribution in [2.45, 2.75) is 63.2 Å². The molecule has 0 bridgehead atoms. The van der Waals surface area contributed by atoms with Crippen LogP contribution >= 0.6 is 0 Å². The summed E-state index contributed by atoms with van der Waals surface area (Å²) in [6.07, 6.45) is 13.1. The Morgan fingerprint density at radius 3 is 2.11 bits per heavy atom. The summed E-state index contributed by atoms with van der Waals surface area (Å²) < 4.78 is 11.9. The molecule has 28 heavy (non-hydrogen) atoms. The predicted octanol–water partition coefficient (Wildman–Crippen LogP) is 4.34. The van der Waals surface area contributed by atoms with Gasteiger partial charge in [-0.25, -0.2) is 4.98 Å². The predicted molar refractivity (Wildman–Crippen MR) is 110 cm³/mol. The lowest BCUT2D eigenvalue weighted by Gasteiger charge is -2.43. The van der Waals surface area contributed by atoms with Gasteiger partial charge in [0.1, 0.15) is 0 Å². The second-order valence-corrected chi connectivity index (χ2v) is 8.56. The Labute approximate surface area is 167 Å². The number of hydrogen-bond acceptors (Lipinski definition) is 5. The molecule has 150 valence electrons. The van der Waals surface area contributed by atoms with Crippen molar-refractivity contribution >= 4 is 5.69 Å². The molecular weight excluding hydrogens is 350 g/mol. The van der Waals surface area contributed by atoms with Gasteiger partial charge in [0, 0.05) is 43.5 Å². The molecule has 0 spiro atoms. The Morgan fingerprint density at radius 2 is 1.54 bits per heavy atom. The lowest BCUT2D eigenvalue weighted by molar-refractivity contribution is -0.0598. The molecule has 0 N–H and O–H groups in total. The van der Waals surface area contributed by atoms with Crippen LogP contribution < -0.4 is 4.90 Å². The Morgan fingerprint density at radius 1 is 0.857 bits per heavy atom. The van der Waals surface area contributed by atoms with E-state index in [0.29, 0.717) is 12.2 Å². The highest BCUT2D eigenvalue weighted by Crippen LogP contribution is 2.30. The fourth-order valence-electron chi connectivity index (χ4n) is 4.85. The molecule has 5 heteroatoms. The molecule has 1 aliphatic carbocycles. The van der Waals surface area contributed by atoms with E-state index in [-0.39, 0.29) is 0 Å². The van der Waals surface area contributed by atoms with Crippen LogP contribution in [0, 0.1) is 0 Å². The van der Waals surface area contributed by atoms with E-state index in [4.69, 9.17) is 9.15 Å². The van der Waals surface area contributed by atoms with Crippen molar-refractivity contribution in [3.05, 3.63) is 36.9 Å². The SMILES string of the molecule is c1ncc(-c2ccc(N3CCC(OC4CCN(C5CCC5)CC4)CC3)cc2)o1. The maximum atomic E-state index is 6.49. The lowest BCUT2D eigenvalue weighted by atomic mass is 9.89. The van der Waals surface area contributed by atoms with E-state index in [9.17, 15) is 0 Å². The van der Waals surface area contributed by atoms with Crippen molar-refractivity contribution in [2.75, 3.05) is 31.1 Å². The minimum Gasteiger partial charge on any atom is -0.444 e. The average Bonchev–Trinajstić information content (AvgIpc) is 3.24. The summed E-state index contributed by atoms with van der Waals surface area (Å²) in [6.45, 7) is 4.64. The van der Waals surface area contributed by atoms with Gasteiger partial charge in [-0.1, -0.05) is 6.42 Å². The van der Waals surface area contributed by atoms with E-state index in [1.54, 1.807) is 6.20 Å². The van der Waals surface area contributed by atoms with Crippen LogP contribution in [0.2, 0.25) is 0 Å². The Hall–Kier alpha value is -1.85. The van der Waals surface area contributed by atoms with Crippen molar-refractivity contribution in [3.8, 4) is 11.3 Å². The van der Waals surface area contributed by atoms with Crippen LogP contribution in [0.15, 0.2) is 41.3 Å². The number of aromatic nitrogens is 1. The summed E-state index contributed by atoms with van der Waals surface area (Å²) in [4.78, 5) is 9.17. The van der Waals surface area contributed by atoms with Gasteiger partial charge in [0.05, 0.1) is 18.4 Å². The average molecular weight is 382 g/mol. The summed E-state index contributed by atoms with van der Waals surface area (Å²) in [5.74, 6) is 0.821. The van der Waals surface area contributed by atoms with Gasteiger partial charge in [0.2, 0.25) is 0 Å². The van der Waals surface area contributed by atoms with E-state index in [2.05, 4.69) is 39.0 Å². The smallest absolute Gasteiger partial charge is 0.181 e. The number of ether oxygens (including phenoxy) is 1. The summed E-state index contributed by atoms with van der Waals surface area (Å²) in [6, 6.07) is 9.51. The number of rotatable bonds is 5. The molecule has 2 saturated heterocycles. The highest BCUT2D eigenvalue weighted by molar-refractivity contribution is 5.61. The first kappa shape index (κ1) is 18.2. The number of hydrogen-bond donors (Lipinski definition) is 0. The van der Waals surface area contributed by atoms with Gasteiger partial charge in [0.15, 0.2) is 12.2 Å². The van der Waals surface area contributed by atoms with E-state index < -0.39 is 0 Å². The van der Waals surface area contributed by atoms with E-state index in [1.807, 2.05) is 0 Å². The number of anilines is 1. The first-order valence-electron chi connectivity index (χ1n) is 11.0. The number of piperidine rings is 2. The molecule has 2 aliphatic heterocycles. The quantitative estimate of drug-likeness (QED) is 0.770. The molecule has 1 saturated carbocycles. The van der Waals surface area contributed by atoms with Gasteiger partial charge >= 0.3 is 0 Å². The van der Waals surface area contributed by atoms with Gasteiger partial charge in [-0.2, -0.15) is 0 Å². The van der Waals surface area contributed by atoms with Crippen LogP contribution in [-0.4, -0.2) is 54.3 Å². The molecule has 0 atom stereocenters. The first-order valence-corrected chi connectivity index (χ1v) is 11.0. The molecule has 3 aliphatic rings. The van der Waals surface area contributed by atoms with Crippen molar-refractivity contribution in [2.24, 2.45) is 0 Å². The van der Waals surface area contributed by atoms with Crippen LogP contribution in [-0.2, 0) is 4.74 Å². The summed E-state index contributed by atoms with van der Waals surface area (Å²) in [5.41, 5.74) is 2.36. The van der Waals surface area contributed by atoms with Gasteiger partial charge < -0.3 is 19.0 Å². The minimum absolute atomic E-state index is 0.435. The topological polar surface area (TPSA) is 41.7 Å². The zero-order valence-electron chi connectivity index (χ0n) is 16.6. The largest absolute Gasteiger partial charge is 0.444 e. The third-order valence-electron chi connectivity index (χ3n) is 6.84. The summed E-state index contributed by atoms with van der Waals surface area (Å²) >= 11 is 0. The summed E-state index contributed by atoms with van der Waals surface area (Å²) in [5, 5.41) is 0. The first-order chi connectivity index (χ1) is 13.8. The molecule has 1 aromatic heterocycles. The molecule has 3 heterocycles. The zero-order chi connectivity index (χ0) is 18.8. The summed E-state index contributed by atoms with van der Waals surface area (Å²) in [7, 11) is 0. The number of likely N-dealkylation sites (tertiary alicyclic amines) is 1. The number of oxazole rings is 1. The molecule has 0 radical (unpaired) electrons. The van der Waals surface area contributed by atoms with Crippen molar-refractivity contribution in [3.63, 3.8) is 0 Å². The van der Waals surface area contributed by atoms with Crippen LogP contribution in [0.5, 0.6) is 0 Å². The Bertz CT molecular complexity index is 726. The second kappa shape index (κ2) is 8.26. The Balaban J connectivity index is 1.08. The third-order valence-corrected chi connectivity index (χ3v) is 6.84. The lowest BCUT2D eigenvalue weighted by Crippen LogP contribution is -2.47. The molecule has 0 amide bonds. The number of nitrogens with zero attached hydrogens (tertiary/aromatic N) is 3. The van der Waals surface area contributed by atoms with Crippen LogP contribution in [0.25, 0.3) is 11.3 Å². The van der Waals surface area contributed by atoms with E-state index >= 15 is 0 Å². The molecule has 1 aromatic carbocycles. The third kappa shape index (κ3) is 3.96. The molecule has 5 nitrogen and oxygen atoms in total. The van der Waals surface area contributed by atoms with Crippen LogP contribution in [0.1, 0.15) is 44.9 Å². The fourth-order valence-corrected chi connectivity index (χ4v) is 4.85. The molecule has 5 rings (SSSR count). The van der Waals surface area contributed by atoms with Crippen molar-refractivity contribution < 1.29 is 9.15 Å².